The van der Waals surface area contributed by atoms with Gasteiger partial charge in [0.15, 0.2) is 0 Å². The molecule has 0 spiro atoms. The van der Waals surface area contributed by atoms with E-state index in [-0.39, 0.29) is 5.91 Å². The molecule has 4 nitrogen and oxygen atoms in total. The maximum atomic E-state index is 12.0. The van der Waals surface area contributed by atoms with Crippen LogP contribution in [0.5, 0.6) is 5.75 Å². The Bertz CT molecular complexity index is 658. The van der Waals surface area contributed by atoms with Crippen LogP contribution in [0.3, 0.4) is 0 Å². The summed E-state index contributed by atoms with van der Waals surface area (Å²) in [6.07, 6.45) is 6.04. The number of aryl methyl sites for hydroxylation is 2. The molecule has 0 saturated carbocycles. The van der Waals surface area contributed by atoms with Gasteiger partial charge in [0.05, 0.1) is 24.2 Å². The van der Waals surface area contributed by atoms with Crippen molar-refractivity contribution in [2.75, 3.05) is 13.7 Å². The van der Waals surface area contributed by atoms with Gasteiger partial charge >= 0.3 is 0 Å². The summed E-state index contributed by atoms with van der Waals surface area (Å²) in [6, 6.07) is 7.62. The van der Waals surface area contributed by atoms with E-state index < -0.39 is 0 Å². The molecule has 0 aliphatic heterocycles. The summed E-state index contributed by atoms with van der Waals surface area (Å²) in [4.78, 5) is 18.2. The zero-order chi connectivity index (χ0) is 16.1. The first kappa shape index (κ1) is 16.0. The number of nitrogens with zero attached hydrogens (tertiary/aromatic N) is 1. The summed E-state index contributed by atoms with van der Waals surface area (Å²) < 4.78 is 5.18. The number of methoxy groups -OCH3 is 1. The average Bonchev–Trinajstić information content (AvgIpc) is 2.97. The second kappa shape index (κ2) is 7.59. The highest BCUT2D eigenvalue weighted by Gasteiger charge is 2.14. The third-order valence-corrected chi connectivity index (χ3v) is 5.27. The molecule has 2 aromatic rings. The van der Waals surface area contributed by atoms with Crippen molar-refractivity contribution in [2.24, 2.45) is 0 Å². The maximum Gasteiger partial charge on any atom is 0.224 e. The lowest BCUT2D eigenvalue weighted by atomic mass is 10.0. The molecule has 1 aromatic carbocycles. The fourth-order valence-electron chi connectivity index (χ4n) is 2.85. The second-order valence-corrected chi connectivity index (χ2v) is 6.98. The minimum absolute atomic E-state index is 0.0413. The van der Waals surface area contributed by atoms with Gasteiger partial charge in [0.1, 0.15) is 5.75 Å². The Kier molecular flexibility index (Phi) is 5.28. The number of hydrogen-bond donors (Lipinski definition) is 1. The molecule has 23 heavy (non-hydrogen) atoms. The molecule has 0 radical (unpaired) electrons. The number of nitrogens with one attached hydrogen (secondary N) is 1. The van der Waals surface area contributed by atoms with Gasteiger partial charge in [-0.05, 0) is 43.4 Å². The largest absolute Gasteiger partial charge is 0.497 e. The molecule has 1 heterocycles. The third kappa shape index (κ3) is 4.32. The van der Waals surface area contributed by atoms with Gasteiger partial charge in [0.25, 0.3) is 0 Å². The van der Waals surface area contributed by atoms with Crippen LogP contribution in [0.1, 0.15) is 34.0 Å². The lowest BCUT2D eigenvalue weighted by Crippen LogP contribution is -2.27. The SMILES string of the molecule is COc1cccc(CC(=O)NCCc2nc3c(s2)CCCC3)c1. The van der Waals surface area contributed by atoms with Crippen molar-refractivity contribution in [3.05, 3.63) is 45.4 Å². The molecular formula is C18H22N2O2S. The number of carbonyl (C=O) groups excluding carboxylic acids is 1. The highest BCUT2D eigenvalue weighted by molar-refractivity contribution is 7.11. The number of amides is 1. The Hall–Kier alpha value is -1.88. The molecule has 3 rings (SSSR count). The molecule has 0 saturated heterocycles. The molecule has 5 heteroatoms. The Morgan fingerprint density at radius 1 is 1.35 bits per heavy atom. The standard InChI is InChI=1S/C18H22N2O2S/c1-22-14-6-4-5-13(11-14)12-17(21)19-10-9-18-20-15-7-2-3-8-16(15)23-18/h4-6,11H,2-3,7-10,12H2,1H3,(H,19,21). The van der Waals surface area contributed by atoms with Crippen LogP contribution in [0.15, 0.2) is 24.3 Å². The first-order valence-corrected chi connectivity index (χ1v) is 8.93. The van der Waals surface area contributed by atoms with E-state index in [0.717, 1.165) is 29.2 Å². The van der Waals surface area contributed by atoms with Crippen LogP contribution < -0.4 is 10.1 Å². The van der Waals surface area contributed by atoms with E-state index in [1.54, 1.807) is 7.11 Å². The van der Waals surface area contributed by atoms with E-state index in [1.165, 1.54) is 29.8 Å². The molecule has 0 fully saturated rings. The molecule has 0 bridgehead atoms. The number of aromatic nitrogens is 1. The molecular weight excluding hydrogens is 308 g/mol. The number of carbonyl (C=O) groups is 1. The lowest BCUT2D eigenvalue weighted by Gasteiger charge is -2.06. The Balaban J connectivity index is 1.46. The van der Waals surface area contributed by atoms with Crippen molar-refractivity contribution in [3.8, 4) is 5.75 Å². The van der Waals surface area contributed by atoms with Crippen LogP contribution in [0.25, 0.3) is 0 Å². The summed E-state index contributed by atoms with van der Waals surface area (Å²) in [7, 11) is 1.63. The van der Waals surface area contributed by atoms with E-state index >= 15 is 0 Å². The van der Waals surface area contributed by atoms with Gasteiger partial charge in [-0.2, -0.15) is 0 Å². The normalized spacial score (nSPS) is 13.4. The monoisotopic (exact) mass is 330 g/mol. The molecule has 1 aromatic heterocycles. The van der Waals surface area contributed by atoms with Crippen LogP contribution in [-0.2, 0) is 30.5 Å². The lowest BCUT2D eigenvalue weighted by molar-refractivity contribution is -0.120. The number of hydrogen-bond acceptors (Lipinski definition) is 4. The summed E-state index contributed by atoms with van der Waals surface area (Å²) in [5.74, 6) is 0.822. The van der Waals surface area contributed by atoms with E-state index in [2.05, 4.69) is 5.32 Å². The molecule has 1 aliphatic rings. The molecule has 0 atom stereocenters. The van der Waals surface area contributed by atoms with Crippen LogP contribution in [0.4, 0.5) is 0 Å². The minimum atomic E-state index is 0.0413. The van der Waals surface area contributed by atoms with Crippen LogP contribution in [0, 0.1) is 0 Å². The van der Waals surface area contributed by atoms with E-state index in [9.17, 15) is 4.79 Å². The van der Waals surface area contributed by atoms with Crippen LogP contribution in [0.2, 0.25) is 0 Å². The van der Waals surface area contributed by atoms with Crippen molar-refractivity contribution in [3.63, 3.8) is 0 Å². The van der Waals surface area contributed by atoms with Crippen molar-refractivity contribution < 1.29 is 9.53 Å². The predicted octanol–water partition coefficient (Wildman–Crippen LogP) is 2.93. The Morgan fingerprint density at radius 2 is 2.22 bits per heavy atom. The van der Waals surface area contributed by atoms with E-state index in [1.807, 2.05) is 35.6 Å². The van der Waals surface area contributed by atoms with Crippen molar-refractivity contribution in [1.29, 1.82) is 0 Å². The van der Waals surface area contributed by atoms with Gasteiger partial charge in [-0.15, -0.1) is 11.3 Å². The quantitative estimate of drug-likeness (QED) is 0.886. The average molecular weight is 330 g/mol. The summed E-state index contributed by atoms with van der Waals surface area (Å²) in [5.41, 5.74) is 2.26. The van der Waals surface area contributed by atoms with Crippen LogP contribution in [-0.4, -0.2) is 24.5 Å². The van der Waals surface area contributed by atoms with Gasteiger partial charge in [0, 0.05) is 17.8 Å². The summed E-state index contributed by atoms with van der Waals surface area (Å²) in [5, 5.41) is 4.14. The maximum absolute atomic E-state index is 12.0. The van der Waals surface area contributed by atoms with Gasteiger partial charge < -0.3 is 10.1 Å². The Labute approximate surface area is 140 Å². The predicted molar refractivity (Wildman–Crippen MR) is 92.2 cm³/mol. The molecule has 122 valence electrons. The molecule has 0 unspecified atom stereocenters. The number of fused-ring (bicyclic) bond motifs is 1. The van der Waals surface area contributed by atoms with Gasteiger partial charge in [-0.3, -0.25) is 4.79 Å². The smallest absolute Gasteiger partial charge is 0.224 e. The van der Waals surface area contributed by atoms with Crippen molar-refractivity contribution >= 4 is 17.2 Å². The van der Waals surface area contributed by atoms with Crippen LogP contribution >= 0.6 is 11.3 Å². The van der Waals surface area contributed by atoms with E-state index in [0.29, 0.717) is 13.0 Å². The fraction of sp³-hybridized carbons (Fsp3) is 0.444. The van der Waals surface area contributed by atoms with Crippen molar-refractivity contribution in [2.45, 2.75) is 38.5 Å². The van der Waals surface area contributed by atoms with Gasteiger partial charge in [-0.25, -0.2) is 4.98 Å². The third-order valence-electron chi connectivity index (χ3n) is 4.05. The minimum Gasteiger partial charge on any atom is -0.497 e. The number of benzene rings is 1. The highest BCUT2D eigenvalue weighted by Crippen LogP contribution is 2.26. The summed E-state index contributed by atoms with van der Waals surface area (Å²) >= 11 is 1.82. The Morgan fingerprint density at radius 3 is 3.04 bits per heavy atom. The zero-order valence-electron chi connectivity index (χ0n) is 13.4. The highest BCUT2D eigenvalue weighted by atomic mass is 32.1. The van der Waals surface area contributed by atoms with E-state index in [4.69, 9.17) is 9.72 Å². The van der Waals surface area contributed by atoms with Gasteiger partial charge in [0.2, 0.25) is 5.91 Å². The molecule has 1 amide bonds. The second-order valence-electron chi connectivity index (χ2n) is 5.81. The van der Waals surface area contributed by atoms with Crippen molar-refractivity contribution in [1.82, 2.24) is 10.3 Å². The number of thiazole rings is 1. The zero-order valence-corrected chi connectivity index (χ0v) is 14.2. The number of rotatable bonds is 6. The molecule has 1 N–H and O–H groups in total. The topological polar surface area (TPSA) is 51.2 Å². The first-order chi connectivity index (χ1) is 11.2. The summed E-state index contributed by atoms with van der Waals surface area (Å²) in [6.45, 7) is 0.648. The first-order valence-electron chi connectivity index (χ1n) is 8.11. The fourth-order valence-corrected chi connectivity index (χ4v) is 4.01. The number of ether oxygens (including phenoxy) is 1. The molecule has 1 aliphatic carbocycles. The van der Waals surface area contributed by atoms with Gasteiger partial charge in [-0.1, -0.05) is 12.1 Å².